The lowest BCUT2D eigenvalue weighted by atomic mass is 9.85. The molecule has 94 valence electrons. The summed E-state index contributed by atoms with van der Waals surface area (Å²) >= 11 is 0. The summed E-state index contributed by atoms with van der Waals surface area (Å²) < 4.78 is 4.51. The number of aromatic nitrogens is 2. The van der Waals surface area contributed by atoms with Gasteiger partial charge in [0, 0.05) is 6.42 Å². The van der Waals surface area contributed by atoms with E-state index in [1.807, 2.05) is 0 Å². The number of amides is 1. The van der Waals surface area contributed by atoms with Gasteiger partial charge in [-0.15, -0.1) is 0 Å². The molecule has 17 heavy (non-hydrogen) atoms. The van der Waals surface area contributed by atoms with Gasteiger partial charge in [0.15, 0.2) is 5.82 Å². The normalized spacial score (nSPS) is 11.2. The van der Waals surface area contributed by atoms with E-state index in [1.165, 1.54) is 6.39 Å². The Balaban J connectivity index is 2.36. The smallest absolute Gasteiger partial charge is 0.303 e. The van der Waals surface area contributed by atoms with Gasteiger partial charge in [-0.2, -0.15) is 4.98 Å². The van der Waals surface area contributed by atoms with Crippen LogP contribution in [0, 0.1) is 5.41 Å². The van der Waals surface area contributed by atoms with E-state index in [9.17, 15) is 9.59 Å². The summed E-state index contributed by atoms with van der Waals surface area (Å²) in [6.45, 7) is 3.64. The van der Waals surface area contributed by atoms with Gasteiger partial charge in [0.05, 0.1) is 13.0 Å². The molecule has 1 aromatic heterocycles. The summed E-state index contributed by atoms with van der Waals surface area (Å²) in [4.78, 5) is 25.9. The Labute approximate surface area is 98.2 Å². The Bertz CT molecular complexity index is 386. The van der Waals surface area contributed by atoms with Crippen molar-refractivity contribution in [3.05, 3.63) is 12.2 Å². The van der Waals surface area contributed by atoms with Crippen LogP contribution in [0.2, 0.25) is 0 Å². The second-order valence-electron chi connectivity index (χ2n) is 4.54. The number of aliphatic carboxylic acids is 1. The molecule has 1 rings (SSSR count). The van der Waals surface area contributed by atoms with Crippen LogP contribution < -0.4 is 5.32 Å². The van der Waals surface area contributed by atoms with E-state index >= 15 is 0 Å². The number of rotatable bonds is 6. The molecule has 0 saturated heterocycles. The molecule has 0 fully saturated rings. The quantitative estimate of drug-likeness (QED) is 0.754. The van der Waals surface area contributed by atoms with E-state index in [-0.39, 0.29) is 25.3 Å². The first kappa shape index (κ1) is 13.1. The largest absolute Gasteiger partial charge is 0.481 e. The van der Waals surface area contributed by atoms with Gasteiger partial charge in [-0.1, -0.05) is 19.0 Å². The summed E-state index contributed by atoms with van der Waals surface area (Å²) in [5.41, 5.74) is -0.576. The van der Waals surface area contributed by atoms with Gasteiger partial charge in [-0.3, -0.25) is 9.59 Å². The maximum Gasteiger partial charge on any atom is 0.303 e. The fourth-order valence-corrected chi connectivity index (χ4v) is 1.42. The van der Waals surface area contributed by atoms with E-state index in [0.717, 1.165) is 0 Å². The molecule has 0 saturated carbocycles. The van der Waals surface area contributed by atoms with Crippen molar-refractivity contribution >= 4 is 11.9 Å². The Morgan fingerprint density at radius 1 is 1.47 bits per heavy atom. The van der Waals surface area contributed by atoms with Crippen LogP contribution in [0.3, 0.4) is 0 Å². The van der Waals surface area contributed by atoms with Crippen molar-refractivity contribution < 1.29 is 19.2 Å². The summed E-state index contributed by atoms with van der Waals surface area (Å²) in [7, 11) is 0. The van der Waals surface area contributed by atoms with E-state index in [1.54, 1.807) is 13.8 Å². The Kier molecular flexibility index (Phi) is 4.19. The van der Waals surface area contributed by atoms with Crippen LogP contribution in [-0.4, -0.2) is 27.1 Å². The lowest BCUT2D eigenvalue weighted by Gasteiger charge is -2.21. The molecule has 0 spiro atoms. The zero-order valence-electron chi connectivity index (χ0n) is 9.77. The molecule has 1 aromatic rings. The third-order valence-corrected chi connectivity index (χ3v) is 2.12. The van der Waals surface area contributed by atoms with Crippen LogP contribution in [0.5, 0.6) is 0 Å². The van der Waals surface area contributed by atoms with Gasteiger partial charge in [0.1, 0.15) is 0 Å². The van der Waals surface area contributed by atoms with E-state index in [4.69, 9.17) is 5.11 Å². The van der Waals surface area contributed by atoms with Gasteiger partial charge >= 0.3 is 5.97 Å². The maximum atomic E-state index is 11.5. The molecule has 1 heterocycles. The number of carbonyl (C=O) groups excluding carboxylic acids is 1. The third kappa shape index (κ3) is 5.10. The molecule has 0 unspecified atom stereocenters. The van der Waals surface area contributed by atoms with Gasteiger partial charge in [-0.05, 0) is 5.41 Å². The summed E-state index contributed by atoms with van der Waals surface area (Å²) in [5.74, 6) is -0.767. The van der Waals surface area contributed by atoms with Crippen molar-refractivity contribution in [2.24, 2.45) is 5.41 Å². The molecule has 0 bridgehead atoms. The number of carboxylic acids is 1. The Morgan fingerprint density at radius 2 is 2.18 bits per heavy atom. The number of nitrogens with zero attached hydrogens (tertiary/aromatic N) is 2. The molecule has 7 heteroatoms. The molecule has 0 aliphatic carbocycles. The van der Waals surface area contributed by atoms with E-state index in [2.05, 4.69) is 20.0 Å². The predicted molar refractivity (Wildman–Crippen MR) is 56.8 cm³/mol. The van der Waals surface area contributed by atoms with E-state index in [0.29, 0.717) is 5.82 Å². The van der Waals surface area contributed by atoms with Crippen molar-refractivity contribution in [3.63, 3.8) is 0 Å². The van der Waals surface area contributed by atoms with Crippen LogP contribution >= 0.6 is 0 Å². The first-order chi connectivity index (χ1) is 7.89. The molecule has 0 aromatic carbocycles. The fraction of sp³-hybridized carbons (Fsp3) is 0.600. The van der Waals surface area contributed by atoms with Gasteiger partial charge in [0.2, 0.25) is 12.3 Å². The third-order valence-electron chi connectivity index (χ3n) is 2.12. The average Bonchev–Trinajstić information content (AvgIpc) is 2.63. The fourth-order valence-electron chi connectivity index (χ4n) is 1.42. The highest BCUT2D eigenvalue weighted by Gasteiger charge is 2.25. The van der Waals surface area contributed by atoms with Gasteiger partial charge in [0.25, 0.3) is 0 Å². The Hall–Kier alpha value is -1.92. The molecule has 7 nitrogen and oxygen atoms in total. The monoisotopic (exact) mass is 241 g/mol. The van der Waals surface area contributed by atoms with Crippen LogP contribution in [0.1, 0.15) is 32.5 Å². The first-order valence-electron chi connectivity index (χ1n) is 5.13. The SMILES string of the molecule is CC(C)(CC(=O)O)CC(=O)NCc1ncon1. The topological polar surface area (TPSA) is 105 Å². The van der Waals surface area contributed by atoms with Crippen LogP contribution in [0.15, 0.2) is 10.9 Å². The Morgan fingerprint density at radius 3 is 2.71 bits per heavy atom. The average molecular weight is 241 g/mol. The summed E-state index contributed by atoms with van der Waals surface area (Å²) in [5, 5.41) is 14.8. The van der Waals surface area contributed by atoms with Crippen molar-refractivity contribution in [2.75, 3.05) is 0 Å². The predicted octanol–water partition coefficient (Wildman–Crippen LogP) is 0.577. The lowest BCUT2D eigenvalue weighted by Crippen LogP contribution is -2.30. The minimum absolute atomic E-state index is 0.0529. The van der Waals surface area contributed by atoms with Crippen molar-refractivity contribution in [1.29, 1.82) is 0 Å². The zero-order chi connectivity index (χ0) is 12.9. The number of carbonyl (C=O) groups is 2. The standard InChI is InChI=1S/C10H15N3O4/c1-10(2,4-9(15)16)3-8(14)11-5-7-12-6-17-13-7/h6H,3-5H2,1-2H3,(H,11,14)(H,15,16). The highest BCUT2D eigenvalue weighted by atomic mass is 16.5. The maximum absolute atomic E-state index is 11.5. The number of hydrogen-bond acceptors (Lipinski definition) is 5. The van der Waals surface area contributed by atoms with Crippen molar-refractivity contribution in [1.82, 2.24) is 15.5 Å². The molecular formula is C10H15N3O4. The molecule has 1 amide bonds. The summed E-state index contributed by atoms with van der Waals surface area (Å²) in [6, 6.07) is 0. The molecule has 0 atom stereocenters. The van der Waals surface area contributed by atoms with E-state index < -0.39 is 11.4 Å². The summed E-state index contributed by atoms with van der Waals surface area (Å²) in [6.07, 6.45) is 1.26. The molecule has 0 aliphatic heterocycles. The van der Waals surface area contributed by atoms with Crippen LogP contribution in [0.4, 0.5) is 0 Å². The molecule has 2 N–H and O–H groups in total. The zero-order valence-corrected chi connectivity index (χ0v) is 9.77. The second-order valence-corrected chi connectivity index (χ2v) is 4.54. The molecular weight excluding hydrogens is 226 g/mol. The number of hydrogen-bond donors (Lipinski definition) is 2. The van der Waals surface area contributed by atoms with Crippen molar-refractivity contribution in [2.45, 2.75) is 33.2 Å². The minimum Gasteiger partial charge on any atom is -0.481 e. The number of nitrogens with one attached hydrogen (secondary N) is 1. The highest BCUT2D eigenvalue weighted by Crippen LogP contribution is 2.24. The number of carboxylic acid groups (broad SMARTS) is 1. The van der Waals surface area contributed by atoms with Crippen LogP contribution in [-0.2, 0) is 16.1 Å². The van der Waals surface area contributed by atoms with Gasteiger partial charge < -0.3 is 14.9 Å². The van der Waals surface area contributed by atoms with Gasteiger partial charge in [-0.25, -0.2) is 0 Å². The molecule has 0 aliphatic rings. The minimum atomic E-state index is -0.916. The van der Waals surface area contributed by atoms with Crippen molar-refractivity contribution in [3.8, 4) is 0 Å². The second kappa shape index (κ2) is 5.42. The van der Waals surface area contributed by atoms with Crippen LogP contribution in [0.25, 0.3) is 0 Å². The lowest BCUT2D eigenvalue weighted by molar-refractivity contribution is -0.139. The highest BCUT2D eigenvalue weighted by molar-refractivity contribution is 5.77. The first-order valence-corrected chi connectivity index (χ1v) is 5.13. The molecule has 0 radical (unpaired) electrons.